The van der Waals surface area contributed by atoms with E-state index in [1.54, 1.807) is 33.8 Å². The lowest BCUT2D eigenvalue weighted by molar-refractivity contribution is 0.0218. The van der Waals surface area contributed by atoms with Crippen molar-refractivity contribution < 1.29 is 27.1 Å². The first kappa shape index (κ1) is 25.8. The number of carbonyl (C=O) groups excluding carboxylic acids is 2. The molecule has 1 saturated heterocycles. The van der Waals surface area contributed by atoms with E-state index in [0.717, 1.165) is 5.56 Å². The minimum atomic E-state index is -3.92. The molecule has 34 heavy (non-hydrogen) atoms. The summed E-state index contributed by atoms with van der Waals surface area (Å²) in [5.74, 6) is -1.33. The Kier molecular flexibility index (Phi) is 7.77. The predicted octanol–water partition coefficient (Wildman–Crippen LogP) is 4.30. The molecule has 0 bridgehead atoms. The van der Waals surface area contributed by atoms with Gasteiger partial charge in [-0.25, -0.2) is 22.3 Å². The number of rotatable bonds is 6. The van der Waals surface area contributed by atoms with Crippen molar-refractivity contribution >= 4 is 21.9 Å². The van der Waals surface area contributed by atoms with Gasteiger partial charge < -0.3 is 9.64 Å². The number of carbonyl (C=O) groups is 2. The maximum atomic E-state index is 14.7. The number of piperidine rings is 1. The molecule has 3 rings (SSSR count). The molecule has 0 spiro atoms. The lowest BCUT2D eigenvalue weighted by atomic mass is 9.98. The number of likely N-dealkylation sites (tertiary alicyclic amines) is 1. The van der Waals surface area contributed by atoms with Crippen LogP contribution in [0, 0.1) is 12.7 Å². The average Bonchev–Trinajstić information content (AvgIpc) is 2.79. The largest absolute Gasteiger partial charge is 0.444 e. The van der Waals surface area contributed by atoms with E-state index in [4.69, 9.17) is 4.74 Å². The van der Waals surface area contributed by atoms with Crippen LogP contribution < -0.4 is 4.72 Å². The van der Waals surface area contributed by atoms with Gasteiger partial charge in [-0.15, -0.1) is 0 Å². The molecule has 1 aliphatic heterocycles. The highest BCUT2D eigenvalue weighted by atomic mass is 32.2. The molecular weight excluding hydrogens is 459 g/mol. The summed E-state index contributed by atoms with van der Waals surface area (Å²) in [6.07, 6.45) is 0.268. The summed E-state index contributed by atoms with van der Waals surface area (Å²) in [6, 6.07) is 12.3. The van der Waals surface area contributed by atoms with Crippen molar-refractivity contribution in [3.05, 3.63) is 59.4 Å². The van der Waals surface area contributed by atoms with Crippen LogP contribution >= 0.6 is 0 Å². The molecule has 2 aromatic rings. The van der Waals surface area contributed by atoms with Gasteiger partial charge in [0.2, 0.25) is 10.0 Å². The fourth-order valence-electron chi connectivity index (χ4n) is 3.83. The van der Waals surface area contributed by atoms with Crippen LogP contribution in [0.4, 0.5) is 9.18 Å². The van der Waals surface area contributed by atoms with E-state index in [0.29, 0.717) is 30.5 Å². The molecule has 1 fully saturated rings. The zero-order valence-electron chi connectivity index (χ0n) is 19.9. The highest BCUT2D eigenvalue weighted by Crippen LogP contribution is 2.25. The number of ketones is 1. The van der Waals surface area contributed by atoms with Gasteiger partial charge in [-0.05, 0) is 69.4 Å². The quantitative estimate of drug-likeness (QED) is 0.610. The molecule has 1 atom stereocenters. The van der Waals surface area contributed by atoms with Crippen LogP contribution in [0.2, 0.25) is 0 Å². The van der Waals surface area contributed by atoms with Crippen LogP contribution in [0.15, 0.2) is 42.5 Å². The first-order valence-electron chi connectivity index (χ1n) is 11.2. The Morgan fingerprint density at radius 1 is 1.15 bits per heavy atom. The van der Waals surface area contributed by atoms with Crippen molar-refractivity contribution in [2.45, 2.75) is 51.4 Å². The van der Waals surface area contributed by atoms with Crippen LogP contribution in [0.1, 0.15) is 49.5 Å². The Labute approximate surface area is 200 Å². The van der Waals surface area contributed by atoms with Crippen LogP contribution in [-0.4, -0.2) is 55.7 Å². The average molecular weight is 491 g/mol. The van der Waals surface area contributed by atoms with Gasteiger partial charge in [-0.1, -0.05) is 30.3 Å². The molecule has 1 heterocycles. The van der Waals surface area contributed by atoms with Gasteiger partial charge in [-0.3, -0.25) is 4.79 Å². The number of hydrogen-bond acceptors (Lipinski definition) is 5. The van der Waals surface area contributed by atoms with Gasteiger partial charge in [0.25, 0.3) is 0 Å². The van der Waals surface area contributed by atoms with Gasteiger partial charge in [-0.2, -0.15) is 0 Å². The van der Waals surface area contributed by atoms with E-state index >= 15 is 0 Å². The minimum absolute atomic E-state index is 0.0323. The van der Waals surface area contributed by atoms with E-state index in [2.05, 4.69) is 4.72 Å². The van der Waals surface area contributed by atoms with Crippen LogP contribution in [-0.2, 0) is 14.8 Å². The number of nitrogens with one attached hydrogen (secondary N) is 1. The van der Waals surface area contributed by atoms with Crippen molar-refractivity contribution in [2.24, 2.45) is 0 Å². The third-order valence-corrected chi connectivity index (χ3v) is 7.37. The summed E-state index contributed by atoms with van der Waals surface area (Å²) in [6.45, 7) is 6.58. The maximum absolute atomic E-state index is 14.7. The Balaban J connectivity index is 1.70. The fourth-order valence-corrected chi connectivity index (χ4v) is 5.25. The summed E-state index contributed by atoms with van der Waals surface area (Å²) in [5, 5.41) is -0.885. The molecule has 7 nitrogen and oxygen atoms in total. The van der Waals surface area contributed by atoms with Gasteiger partial charge in [0.15, 0.2) is 5.78 Å². The third kappa shape index (κ3) is 6.42. The summed E-state index contributed by atoms with van der Waals surface area (Å²) in [7, 11) is -3.92. The second-order valence-corrected chi connectivity index (χ2v) is 11.5. The molecule has 1 aliphatic rings. The third-order valence-electron chi connectivity index (χ3n) is 5.56. The van der Waals surface area contributed by atoms with E-state index in [-0.39, 0.29) is 12.1 Å². The summed E-state index contributed by atoms with van der Waals surface area (Å²) >= 11 is 0. The van der Waals surface area contributed by atoms with Crippen molar-refractivity contribution in [1.29, 1.82) is 0 Å². The summed E-state index contributed by atoms with van der Waals surface area (Å²) < 4.78 is 48.2. The number of nitrogens with zero attached hydrogens (tertiary/aromatic N) is 1. The summed E-state index contributed by atoms with van der Waals surface area (Å²) in [4.78, 5) is 26.5. The van der Waals surface area contributed by atoms with E-state index in [9.17, 15) is 22.4 Å². The first-order valence-corrected chi connectivity index (χ1v) is 12.8. The van der Waals surface area contributed by atoms with Crippen molar-refractivity contribution in [2.75, 3.05) is 19.6 Å². The smallest absolute Gasteiger partial charge is 0.410 e. The summed E-state index contributed by atoms with van der Waals surface area (Å²) in [5.41, 5.74) is 0.938. The zero-order valence-corrected chi connectivity index (χ0v) is 20.7. The second kappa shape index (κ2) is 10.2. The number of aryl methyl sites for hydroxylation is 1. The maximum Gasteiger partial charge on any atom is 0.410 e. The minimum Gasteiger partial charge on any atom is -0.444 e. The topological polar surface area (TPSA) is 92.8 Å². The van der Waals surface area contributed by atoms with E-state index in [1.807, 2.05) is 30.3 Å². The molecule has 0 radical (unpaired) electrons. The molecule has 2 aromatic carbocycles. The predicted molar refractivity (Wildman–Crippen MR) is 129 cm³/mol. The van der Waals surface area contributed by atoms with Gasteiger partial charge in [0.05, 0.1) is 17.4 Å². The molecule has 0 aromatic heterocycles. The van der Waals surface area contributed by atoms with Gasteiger partial charge in [0, 0.05) is 13.1 Å². The Morgan fingerprint density at radius 3 is 2.47 bits per heavy atom. The number of amides is 1. The molecule has 1 unspecified atom stereocenters. The Bertz CT molecular complexity index is 1160. The zero-order chi connectivity index (χ0) is 25.1. The molecule has 1 amide bonds. The van der Waals surface area contributed by atoms with E-state index < -0.39 is 45.1 Å². The SMILES string of the molecule is Cc1cc(-c2ccccc2)cc(C(=O)CNS(=O)(=O)C2CCCN(C(=O)OC(C)(C)C)C2)c1F. The molecule has 0 saturated carbocycles. The van der Waals surface area contributed by atoms with Crippen LogP contribution in [0.3, 0.4) is 0 Å². The Morgan fingerprint density at radius 2 is 1.82 bits per heavy atom. The molecule has 0 aliphatic carbocycles. The number of ether oxygens (including phenoxy) is 1. The second-order valence-electron chi connectivity index (χ2n) is 9.50. The van der Waals surface area contributed by atoms with Gasteiger partial charge in [0.1, 0.15) is 11.4 Å². The first-order chi connectivity index (χ1) is 15.9. The van der Waals surface area contributed by atoms with E-state index in [1.165, 1.54) is 11.0 Å². The lowest BCUT2D eigenvalue weighted by Crippen LogP contribution is -2.50. The highest BCUT2D eigenvalue weighted by molar-refractivity contribution is 7.90. The number of hydrogen-bond donors (Lipinski definition) is 1. The number of halogens is 1. The molecular formula is C25H31FN2O5S. The van der Waals surface area contributed by atoms with Crippen molar-refractivity contribution in [3.8, 4) is 11.1 Å². The molecule has 9 heteroatoms. The normalized spacial score (nSPS) is 16.9. The number of sulfonamides is 1. The highest BCUT2D eigenvalue weighted by Gasteiger charge is 2.34. The number of benzene rings is 2. The Hall–Kier alpha value is -2.78. The van der Waals surface area contributed by atoms with Crippen molar-refractivity contribution in [1.82, 2.24) is 9.62 Å². The fraction of sp³-hybridized carbons (Fsp3) is 0.440. The van der Waals surface area contributed by atoms with Crippen LogP contribution in [0.5, 0.6) is 0 Å². The van der Waals surface area contributed by atoms with Crippen molar-refractivity contribution in [3.63, 3.8) is 0 Å². The standard InChI is InChI=1S/C25H31FN2O5S/c1-17-13-19(18-9-6-5-7-10-18)14-21(23(17)26)22(29)15-27-34(31,32)20-11-8-12-28(16-20)24(30)33-25(2,3)4/h5-7,9-10,13-14,20,27H,8,11-12,15-16H2,1-4H3. The van der Waals surface area contributed by atoms with Crippen LogP contribution in [0.25, 0.3) is 11.1 Å². The molecule has 184 valence electrons. The lowest BCUT2D eigenvalue weighted by Gasteiger charge is -2.33. The monoisotopic (exact) mass is 490 g/mol. The molecule has 1 N–H and O–H groups in total. The van der Waals surface area contributed by atoms with Gasteiger partial charge >= 0.3 is 6.09 Å². The number of Topliss-reactive ketones (excluding diaryl/α,β-unsaturated/α-hetero) is 1.